The molecule has 2 amide bonds. The first kappa shape index (κ1) is 21.1. The smallest absolute Gasteiger partial charge is 0.257 e. The molecule has 4 aromatic rings. The van der Waals surface area contributed by atoms with Gasteiger partial charge in [0.2, 0.25) is 0 Å². The highest BCUT2D eigenvalue weighted by atomic mass is 32.1. The zero-order valence-corrected chi connectivity index (χ0v) is 18.7. The van der Waals surface area contributed by atoms with Gasteiger partial charge in [-0.2, -0.15) is 5.10 Å². The second kappa shape index (κ2) is 9.38. The molecule has 0 atom stereocenters. The van der Waals surface area contributed by atoms with Crippen LogP contribution in [-0.2, 0) is 19.4 Å². The fourth-order valence-electron chi connectivity index (χ4n) is 3.93. The fourth-order valence-corrected chi connectivity index (χ4v) is 4.98. The van der Waals surface area contributed by atoms with Gasteiger partial charge < -0.3 is 5.32 Å². The summed E-state index contributed by atoms with van der Waals surface area (Å²) in [5, 5.41) is 13.2. The highest BCUT2D eigenvalue weighted by Crippen LogP contribution is 2.29. The molecule has 1 aliphatic carbocycles. The number of aromatic nitrogens is 3. The largest absolute Gasteiger partial charge is 0.348 e. The van der Waals surface area contributed by atoms with Crippen LogP contribution in [0.15, 0.2) is 60.9 Å². The standard InChI is InChI=1S/C25H23N5O2S/c31-23(19-8-4-6-17(12-19)20-14-27-28-15-20)26-13-16-5-3-7-18(11-16)24(32)30-25-29-21-9-1-2-10-22(21)33-25/h3-8,11-12,14-15H,1-2,9-10,13H2,(H,26,31)(H,27,28)(H,29,30,32). The molecule has 2 heterocycles. The maximum atomic E-state index is 12.7. The van der Waals surface area contributed by atoms with Gasteiger partial charge in [-0.1, -0.05) is 24.3 Å². The maximum absolute atomic E-state index is 12.7. The van der Waals surface area contributed by atoms with Gasteiger partial charge in [0.25, 0.3) is 11.8 Å². The molecule has 0 aliphatic heterocycles. The lowest BCUT2D eigenvalue weighted by atomic mass is 10.0. The molecule has 0 saturated carbocycles. The van der Waals surface area contributed by atoms with Crippen LogP contribution in [0, 0.1) is 0 Å². The van der Waals surface area contributed by atoms with Crippen LogP contribution in [0.5, 0.6) is 0 Å². The van der Waals surface area contributed by atoms with E-state index in [0.717, 1.165) is 41.6 Å². The number of amides is 2. The number of nitrogens with zero attached hydrogens (tertiary/aromatic N) is 2. The summed E-state index contributed by atoms with van der Waals surface area (Å²) >= 11 is 1.57. The average Bonchev–Trinajstić information content (AvgIpc) is 3.52. The van der Waals surface area contributed by atoms with Gasteiger partial charge in [0.1, 0.15) is 0 Å². The van der Waals surface area contributed by atoms with Crippen molar-refractivity contribution in [3.05, 3.63) is 88.2 Å². The zero-order valence-electron chi connectivity index (χ0n) is 17.9. The van der Waals surface area contributed by atoms with Gasteiger partial charge >= 0.3 is 0 Å². The molecule has 0 unspecified atom stereocenters. The van der Waals surface area contributed by atoms with E-state index in [9.17, 15) is 9.59 Å². The number of nitrogens with one attached hydrogen (secondary N) is 3. The van der Waals surface area contributed by atoms with E-state index in [4.69, 9.17) is 0 Å². The van der Waals surface area contributed by atoms with E-state index in [1.807, 2.05) is 30.3 Å². The highest BCUT2D eigenvalue weighted by molar-refractivity contribution is 7.15. The van der Waals surface area contributed by atoms with Crippen LogP contribution < -0.4 is 10.6 Å². The molecule has 7 nitrogen and oxygen atoms in total. The summed E-state index contributed by atoms with van der Waals surface area (Å²) in [6.45, 7) is 0.321. The predicted molar refractivity (Wildman–Crippen MR) is 128 cm³/mol. The minimum Gasteiger partial charge on any atom is -0.348 e. The quantitative estimate of drug-likeness (QED) is 0.394. The van der Waals surface area contributed by atoms with Crippen molar-refractivity contribution in [2.45, 2.75) is 32.2 Å². The number of carbonyl (C=O) groups excluding carboxylic acids is 2. The number of hydrogen-bond acceptors (Lipinski definition) is 5. The summed E-state index contributed by atoms with van der Waals surface area (Å²) in [5.74, 6) is -0.370. The number of rotatable bonds is 6. The number of H-pyrrole nitrogens is 1. The minimum absolute atomic E-state index is 0.177. The van der Waals surface area contributed by atoms with Crippen LogP contribution >= 0.6 is 11.3 Å². The predicted octanol–water partition coefficient (Wildman–Crippen LogP) is 4.59. The SMILES string of the molecule is O=C(NCc1cccc(C(=O)Nc2nc3c(s2)CCCC3)c1)c1cccc(-c2cn[nH]c2)c1. The van der Waals surface area contributed by atoms with Crippen molar-refractivity contribution in [3.8, 4) is 11.1 Å². The maximum Gasteiger partial charge on any atom is 0.257 e. The van der Waals surface area contributed by atoms with Crippen molar-refractivity contribution >= 4 is 28.3 Å². The van der Waals surface area contributed by atoms with E-state index in [0.29, 0.717) is 22.8 Å². The van der Waals surface area contributed by atoms with E-state index in [2.05, 4.69) is 25.8 Å². The lowest BCUT2D eigenvalue weighted by Crippen LogP contribution is -2.23. The second-order valence-corrected chi connectivity index (χ2v) is 9.08. The Labute approximate surface area is 195 Å². The lowest BCUT2D eigenvalue weighted by Gasteiger charge is -2.08. The Morgan fingerprint density at radius 2 is 1.79 bits per heavy atom. The summed E-state index contributed by atoms with van der Waals surface area (Å²) in [6, 6.07) is 14.7. The van der Waals surface area contributed by atoms with Gasteiger partial charge in [0.05, 0.1) is 11.9 Å². The van der Waals surface area contributed by atoms with E-state index in [1.165, 1.54) is 11.3 Å². The van der Waals surface area contributed by atoms with Gasteiger partial charge in [-0.05, 0) is 61.1 Å². The summed E-state index contributed by atoms with van der Waals surface area (Å²) < 4.78 is 0. The lowest BCUT2D eigenvalue weighted by molar-refractivity contribution is 0.0950. The zero-order chi connectivity index (χ0) is 22.6. The molecule has 2 aromatic heterocycles. The number of thiazole rings is 1. The van der Waals surface area contributed by atoms with Crippen molar-refractivity contribution in [2.75, 3.05) is 5.32 Å². The van der Waals surface area contributed by atoms with Crippen LogP contribution in [0.4, 0.5) is 5.13 Å². The van der Waals surface area contributed by atoms with E-state index >= 15 is 0 Å². The molecular weight excluding hydrogens is 434 g/mol. The van der Waals surface area contributed by atoms with E-state index in [1.54, 1.807) is 41.9 Å². The average molecular weight is 458 g/mol. The third-order valence-electron chi connectivity index (χ3n) is 5.66. The van der Waals surface area contributed by atoms with Crippen LogP contribution in [0.1, 0.15) is 49.7 Å². The number of hydrogen-bond donors (Lipinski definition) is 3. The van der Waals surface area contributed by atoms with Crippen LogP contribution in [0.2, 0.25) is 0 Å². The Hall–Kier alpha value is -3.78. The number of carbonyl (C=O) groups is 2. The number of anilines is 1. The normalized spacial score (nSPS) is 12.7. The second-order valence-electron chi connectivity index (χ2n) is 8.00. The minimum atomic E-state index is -0.193. The Morgan fingerprint density at radius 3 is 2.61 bits per heavy atom. The molecule has 8 heteroatoms. The van der Waals surface area contributed by atoms with Crippen molar-refractivity contribution in [1.29, 1.82) is 0 Å². The van der Waals surface area contributed by atoms with E-state index < -0.39 is 0 Å². The first-order valence-corrected chi connectivity index (χ1v) is 11.7. The van der Waals surface area contributed by atoms with Crippen molar-refractivity contribution < 1.29 is 9.59 Å². The van der Waals surface area contributed by atoms with Gasteiger partial charge in [-0.25, -0.2) is 4.98 Å². The van der Waals surface area contributed by atoms with Crippen molar-refractivity contribution in [3.63, 3.8) is 0 Å². The summed E-state index contributed by atoms with van der Waals surface area (Å²) in [6.07, 6.45) is 7.88. The monoisotopic (exact) mass is 457 g/mol. The molecule has 0 bridgehead atoms. The molecule has 33 heavy (non-hydrogen) atoms. The Kier molecular flexibility index (Phi) is 5.99. The Morgan fingerprint density at radius 1 is 0.970 bits per heavy atom. The van der Waals surface area contributed by atoms with Crippen LogP contribution in [0.25, 0.3) is 11.1 Å². The Bertz CT molecular complexity index is 1270. The Balaban J connectivity index is 1.22. The first-order chi connectivity index (χ1) is 16.2. The molecule has 1 aliphatic rings. The summed E-state index contributed by atoms with van der Waals surface area (Å²) in [5.41, 5.74) is 4.91. The molecule has 2 aromatic carbocycles. The van der Waals surface area contributed by atoms with Gasteiger partial charge in [-0.15, -0.1) is 11.3 Å². The van der Waals surface area contributed by atoms with Crippen molar-refractivity contribution in [1.82, 2.24) is 20.5 Å². The number of aromatic amines is 1. The molecule has 166 valence electrons. The molecular formula is C25H23N5O2S. The van der Waals surface area contributed by atoms with E-state index in [-0.39, 0.29) is 11.8 Å². The van der Waals surface area contributed by atoms with Gasteiger partial charge in [0, 0.05) is 34.3 Å². The first-order valence-electron chi connectivity index (χ1n) is 10.9. The molecule has 0 radical (unpaired) electrons. The molecule has 0 spiro atoms. The van der Waals surface area contributed by atoms with Crippen LogP contribution in [-0.4, -0.2) is 27.0 Å². The molecule has 3 N–H and O–H groups in total. The number of fused-ring (bicyclic) bond motifs is 1. The van der Waals surface area contributed by atoms with Gasteiger partial charge in [-0.3, -0.25) is 20.0 Å². The summed E-state index contributed by atoms with van der Waals surface area (Å²) in [7, 11) is 0. The van der Waals surface area contributed by atoms with Crippen LogP contribution in [0.3, 0.4) is 0 Å². The highest BCUT2D eigenvalue weighted by Gasteiger charge is 2.17. The molecule has 5 rings (SSSR count). The molecule has 0 saturated heterocycles. The van der Waals surface area contributed by atoms with Crippen molar-refractivity contribution in [2.24, 2.45) is 0 Å². The third-order valence-corrected chi connectivity index (χ3v) is 6.74. The topological polar surface area (TPSA) is 99.8 Å². The van der Waals surface area contributed by atoms with Gasteiger partial charge in [0.15, 0.2) is 5.13 Å². The summed E-state index contributed by atoms with van der Waals surface area (Å²) in [4.78, 5) is 31.3. The molecule has 0 fully saturated rings. The number of benzene rings is 2. The number of aryl methyl sites for hydroxylation is 2. The fraction of sp³-hybridized carbons (Fsp3) is 0.200. The third kappa shape index (κ3) is 4.85.